The van der Waals surface area contributed by atoms with Gasteiger partial charge >= 0.3 is 0 Å². The summed E-state index contributed by atoms with van der Waals surface area (Å²) in [5.41, 5.74) is 8.74. The van der Waals surface area contributed by atoms with Gasteiger partial charge in [0, 0.05) is 33.0 Å². The van der Waals surface area contributed by atoms with Gasteiger partial charge in [-0.3, -0.25) is 0 Å². The zero-order valence-corrected chi connectivity index (χ0v) is 24.3. The second-order valence-electron chi connectivity index (χ2n) is 11.4. The minimum absolute atomic E-state index is 0.691. The molecule has 7 aromatic carbocycles. The Kier molecular flexibility index (Phi) is 5.82. The van der Waals surface area contributed by atoms with Crippen LogP contribution in [0.2, 0.25) is 0 Å². The van der Waals surface area contributed by atoms with Crippen LogP contribution in [0, 0.1) is 0 Å². The lowest BCUT2D eigenvalue weighted by molar-refractivity contribution is 0.670. The molecule has 0 radical (unpaired) electrons. The standard InChI is InChI=1S/C42H26N2O/c1-3-13-28(14-4-1)39-33-19-10-9-18-31(33)25-35-40-34(20-11-21-38(40)45-41(35)39)37-26-36(43-42(44-37)29-15-5-2-6-16-29)32-23-22-27-12-7-8-17-30(27)24-32/h1-26H. The summed E-state index contributed by atoms with van der Waals surface area (Å²) < 4.78 is 6.74. The summed E-state index contributed by atoms with van der Waals surface area (Å²) in [5.74, 6) is 0.691. The lowest BCUT2D eigenvalue weighted by atomic mass is 9.94. The van der Waals surface area contributed by atoms with Crippen molar-refractivity contribution in [2.45, 2.75) is 0 Å². The Balaban J connectivity index is 1.34. The second kappa shape index (κ2) is 10.3. The van der Waals surface area contributed by atoms with Crippen molar-refractivity contribution in [3.8, 4) is 45.0 Å². The quantitative estimate of drug-likeness (QED) is 0.210. The van der Waals surface area contributed by atoms with Gasteiger partial charge in [0.1, 0.15) is 11.2 Å². The van der Waals surface area contributed by atoms with Crippen molar-refractivity contribution in [3.63, 3.8) is 0 Å². The van der Waals surface area contributed by atoms with Crippen LogP contribution in [0.3, 0.4) is 0 Å². The molecule has 45 heavy (non-hydrogen) atoms. The summed E-state index contributed by atoms with van der Waals surface area (Å²) in [4.78, 5) is 10.3. The third kappa shape index (κ3) is 4.29. The molecule has 0 aliphatic heterocycles. The highest BCUT2D eigenvalue weighted by atomic mass is 16.3. The average molecular weight is 575 g/mol. The van der Waals surface area contributed by atoms with Crippen LogP contribution in [0.25, 0.3) is 88.5 Å². The molecule has 0 N–H and O–H groups in total. The maximum Gasteiger partial charge on any atom is 0.160 e. The van der Waals surface area contributed by atoms with Crippen molar-refractivity contribution in [1.29, 1.82) is 0 Å². The Morgan fingerprint density at radius 3 is 1.93 bits per heavy atom. The zero-order valence-electron chi connectivity index (χ0n) is 24.3. The summed E-state index contributed by atoms with van der Waals surface area (Å²) in [6.07, 6.45) is 0. The zero-order chi connectivity index (χ0) is 29.7. The maximum absolute atomic E-state index is 6.74. The van der Waals surface area contributed by atoms with Crippen LogP contribution in [-0.4, -0.2) is 9.97 Å². The van der Waals surface area contributed by atoms with E-state index in [4.69, 9.17) is 14.4 Å². The van der Waals surface area contributed by atoms with Crippen molar-refractivity contribution >= 4 is 43.5 Å². The third-order valence-corrected chi connectivity index (χ3v) is 8.65. The van der Waals surface area contributed by atoms with E-state index in [1.165, 1.54) is 21.5 Å². The van der Waals surface area contributed by atoms with Gasteiger partial charge in [0.05, 0.1) is 11.4 Å². The van der Waals surface area contributed by atoms with E-state index in [-0.39, 0.29) is 0 Å². The van der Waals surface area contributed by atoms with Gasteiger partial charge in [-0.15, -0.1) is 0 Å². The van der Waals surface area contributed by atoms with Gasteiger partial charge in [-0.05, 0) is 51.4 Å². The number of aromatic nitrogens is 2. The van der Waals surface area contributed by atoms with E-state index in [1.807, 2.05) is 18.2 Å². The van der Waals surface area contributed by atoms with E-state index in [0.29, 0.717) is 5.82 Å². The topological polar surface area (TPSA) is 38.9 Å². The number of hydrogen-bond donors (Lipinski definition) is 0. The molecule has 2 heterocycles. The van der Waals surface area contributed by atoms with Gasteiger partial charge in [-0.2, -0.15) is 0 Å². The molecule has 0 aliphatic rings. The van der Waals surface area contributed by atoms with Crippen LogP contribution in [0.1, 0.15) is 0 Å². The minimum atomic E-state index is 0.691. The third-order valence-electron chi connectivity index (χ3n) is 8.65. The number of rotatable bonds is 4. The van der Waals surface area contributed by atoms with Crippen LogP contribution < -0.4 is 0 Å². The molecule has 0 fully saturated rings. The Bertz CT molecular complexity index is 2530. The Morgan fingerprint density at radius 1 is 0.422 bits per heavy atom. The molecule has 0 aliphatic carbocycles. The maximum atomic E-state index is 6.74. The SMILES string of the molecule is c1ccc(-c2nc(-c3ccc4ccccc4c3)cc(-c3cccc4oc5c(-c6ccccc6)c6ccccc6cc5c34)n2)cc1. The van der Waals surface area contributed by atoms with E-state index >= 15 is 0 Å². The Hall–Kier alpha value is -6.06. The van der Waals surface area contributed by atoms with Crippen LogP contribution in [0.5, 0.6) is 0 Å². The lowest BCUT2D eigenvalue weighted by Crippen LogP contribution is -1.96. The van der Waals surface area contributed by atoms with Gasteiger partial charge < -0.3 is 4.42 Å². The number of fused-ring (bicyclic) bond motifs is 5. The molecule has 9 aromatic rings. The van der Waals surface area contributed by atoms with Crippen molar-refractivity contribution < 1.29 is 4.42 Å². The fourth-order valence-corrected chi connectivity index (χ4v) is 6.53. The van der Waals surface area contributed by atoms with E-state index in [9.17, 15) is 0 Å². The molecule has 3 nitrogen and oxygen atoms in total. The molecule has 0 saturated heterocycles. The van der Waals surface area contributed by atoms with Crippen molar-refractivity contribution in [2.75, 3.05) is 0 Å². The molecule has 210 valence electrons. The molecule has 0 saturated carbocycles. The molecule has 0 spiro atoms. The number of hydrogen-bond acceptors (Lipinski definition) is 3. The highest BCUT2D eigenvalue weighted by Gasteiger charge is 2.20. The van der Waals surface area contributed by atoms with Crippen LogP contribution in [0.4, 0.5) is 0 Å². The van der Waals surface area contributed by atoms with Crippen molar-refractivity contribution in [3.05, 3.63) is 158 Å². The van der Waals surface area contributed by atoms with Gasteiger partial charge in [-0.1, -0.05) is 133 Å². The summed E-state index contributed by atoms with van der Waals surface area (Å²) in [7, 11) is 0. The second-order valence-corrected chi connectivity index (χ2v) is 11.4. The molecule has 2 aromatic heterocycles. The molecular weight excluding hydrogens is 548 g/mol. The summed E-state index contributed by atoms with van der Waals surface area (Å²) in [6.45, 7) is 0. The fourth-order valence-electron chi connectivity index (χ4n) is 6.53. The van der Waals surface area contributed by atoms with E-state index in [2.05, 4.69) is 140 Å². The number of nitrogens with zero attached hydrogens (tertiary/aromatic N) is 2. The van der Waals surface area contributed by atoms with Crippen LogP contribution in [0.15, 0.2) is 162 Å². The lowest BCUT2D eigenvalue weighted by Gasteiger charge is -2.11. The van der Waals surface area contributed by atoms with Crippen LogP contribution >= 0.6 is 0 Å². The summed E-state index contributed by atoms with van der Waals surface area (Å²) in [6, 6.07) is 54.9. The molecule has 0 bridgehead atoms. The highest BCUT2D eigenvalue weighted by molar-refractivity contribution is 6.21. The molecule has 3 heteroatoms. The normalized spacial score (nSPS) is 11.6. The van der Waals surface area contributed by atoms with E-state index < -0.39 is 0 Å². The predicted molar refractivity (Wildman–Crippen MR) is 186 cm³/mol. The van der Waals surface area contributed by atoms with Gasteiger partial charge in [0.2, 0.25) is 0 Å². The Labute approximate surface area is 260 Å². The average Bonchev–Trinajstić information content (AvgIpc) is 3.49. The Morgan fingerprint density at radius 2 is 1.11 bits per heavy atom. The van der Waals surface area contributed by atoms with E-state index in [1.54, 1.807) is 0 Å². The first-order valence-corrected chi connectivity index (χ1v) is 15.2. The van der Waals surface area contributed by atoms with Crippen molar-refractivity contribution in [2.24, 2.45) is 0 Å². The summed E-state index contributed by atoms with van der Waals surface area (Å²) >= 11 is 0. The summed E-state index contributed by atoms with van der Waals surface area (Å²) in [5, 5.41) is 6.85. The number of furan rings is 1. The first-order chi connectivity index (χ1) is 22.3. The number of benzene rings is 7. The molecule has 0 amide bonds. The molecule has 9 rings (SSSR count). The largest absolute Gasteiger partial charge is 0.455 e. The first kappa shape index (κ1) is 25.4. The van der Waals surface area contributed by atoms with Gasteiger partial charge in [-0.25, -0.2) is 9.97 Å². The van der Waals surface area contributed by atoms with Crippen LogP contribution in [-0.2, 0) is 0 Å². The van der Waals surface area contributed by atoms with Gasteiger partial charge in [0.15, 0.2) is 5.82 Å². The molecule has 0 atom stereocenters. The van der Waals surface area contributed by atoms with Crippen molar-refractivity contribution in [1.82, 2.24) is 9.97 Å². The minimum Gasteiger partial charge on any atom is -0.455 e. The predicted octanol–water partition coefficient (Wildman–Crippen LogP) is 11.4. The molecular formula is C42H26N2O. The van der Waals surface area contributed by atoms with Gasteiger partial charge in [0.25, 0.3) is 0 Å². The smallest absolute Gasteiger partial charge is 0.160 e. The fraction of sp³-hybridized carbons (Fsp3) is 0. The van der Waals surface area contributed by atoms with E-state index in [0.717, 1.165) is 61.1 Å². The first-order valence-electron chi connectivity index (χ1n) is 15.2. The molecule has 0 unspecified atom stereocenters. The highest BCUT2D eigenvalue weighted by Crippen LogP contribution is 2.44. The monoisotopic (exact) mass is 574 g/mol.